The van der Waals surface area contributed by atoms with Crippen LogP contribution in [-0.2, 0) is 10.5 Å². The highest BCUT2D eigenvalue weighted by Crippen LogP contribution is 2.27. The van der Waals surface area contributed by atoms with Crippen LogP contribution in [0.15, 0.2) is 77.2 Å². The number of amides is 1. The van der Waals surface area contributed by atoms with Gasteiger partial charge in [-0.25, -0.2) is 15.4 Å². The van der Waals surface area contributed by atoms with Crippen LogP contribution >= 0.6 is 11.8 Å². The number of ether oxygens (including phenoxy) is 1. The maximum atomic E-state index is 12.1. The van der Waals surface area contributed by atoms with Crippen molar-refractivity contribution in [3.05, 3.63) is 78.1 Å². The first-order valence-electron chi connectivity index (χ1n) is 9.35. The number of hydrogen-bond donors (Lipinski definition) is 2. The van der Waals surface area contributed by atoms with Gasteiger partial charge in [-0.2, -0.15) is 5.10 Å². The fourth-order valence-corrected chi connectivity index (χ4v) is 3.39. The number of carbonyl (C=O) groups excluding carboxylic acids is 1. The van der Waals surface area contributed by atoms with Crippen LogP contribution in [0.2, 0.25) is 0 Å². The molecule has 0 aliphatic heterocycles. The molecule has 3 aromatic rings. The van der Waals surface area contributed by atoms with Crippen LogP contribution in [0.1, 0.15) is 18.1 Å². The molecule has 3 rings (SSSR count). The largest absolute Gasteiger partial charge is 0.496 e. The van der Waals surface area contributed by atoms with Gasteiger partial charge < -0.3 is 10.1 Å². The predicted molar refractivity (Wildman–Crippen MR) is 120 cm³/mol. The summed E-state index contributed by atoms with van der Waals surface area (Å²) in [6.45, 7) is 1.99. The Balaban J connectivity index is 1.61. The van der Waals surface area contributed by atoms with Crippen molar-refractivity contribution in [2.24, 2.45) is 5.10 Å². The van der Waals surface area contributed by atoms with Gasteiger partial charge in [0.25, 0.3) is 5.91 Å². The number of methoxy groups -OCH3 is 1. The van der Waals surface area contributed by atoms with Gasteiger partial charge in [-0.15, -0.1) is 0 Å². The Morgan fingerprint density at radius 3 is 2.60 bits per heavy atom. The first-order valence-corrected chi connectivity index (χ1v) is 10.3. The van der Waals surface area contributed by atoms with Gasteiger partial charge in [-0.3, -0.25) is 4.79 Å². The van der Waals surface area contributed by atoms with Crippen LogP contribution in [0.4, 0.5) is 5.69 Å². The summed E-state index contributed by atoms with van der Waals surface area (Å²) < 4.78 is 5.47. The summed E-state index contributed by atoms with van der Waals surface area (Å²) >= 11 is 1.53. The van der Waals surface area contributed by atoms with E-state index in [-0.39, 0.29) is 12.5 Å². The molecule has 2 N–H and O–H groups in total. The lowest BCUT2D eigenvalue weighted by molar-refractivity contribution is -0.119. The number of nitrogens with zero attached hydrogens (tertiary/aromatic N) is 3. The number of thioether (sulfide) groups is 1. The lowest BCUT2D eigenvalue weighted by atomic mass is 10.1. The molecule has 0 unspecified atom stereocenters. The fourth-order valence-electron chi connectivity index (χ4n) is 2.61. The zero-order chi connectivity index (χ0) is 21.2. The van der Waals surface area contributed by atoms with Crippen molar-refractivity contribution < 1.29 is 9.53 Å². The third-order valence-corrected chi connectivity index (χ3v) is 5.10. The highest BCUT2D eigenvalue weighted by Gasteiger charge is 2.09. The first kappa shape index (κ1) is 21.3. The van der Waals surface area contributed by atoms with Gasteiger partial charge in [-0.1, -0.05) is 30.0 Å². The van der Waals surface area contributed by atoms with Crippen LogP contribution in [0.5, 0.6) is 5.75 Å². The second kappa shape index (κ2) is 11.0. The molecule has 0 bridgehead atoms. The normalized spacial score (nSPS) is 11.1. The average Bonchev–Trinajstić information content (AvgIpc) is 2.81. The molecule has 0 aliphatic rings. The minimum Gasteiger partial charge on any atom is -0.496 e. The molecule has 0 saturated carbocycles. The van der Waals surface area contributed by atoms with Gasteiger partial charge in [0.1, 0.15) is 5.75 Å². The Morgan fingerprint density at radius 2 is 1.87 bits per heavy atom. The molecule has 7 nitrogen and oxygen atoms in total. The van der Waals surface area contributed by atoms with Crippen LogP contribution in [0, 0.1) is 0 Å². The van der Waals surface area contributed by atoms with Crippen LogP contribution in [-0.4, -0.2) is 35.2 Å². The predicted octanol–water partition coefficient (Wildman–Crippen LogP) is 3.73. The SMILES string of the molecule is COc1ccc(/C(C)=N\NC(=O)CNc2ccccc2)cc1CSc1ncccn1. The molecule has 0 atom stereocenters. The van der Waals surface area contributed by atoms with E-state index in [1.807, 2.05) is 55.5 Å². The number of carbonyl (C=O) groups is 1. The summed E-state index contributed by atoms with van der Waals surface area (Å²) in [7, 11) is 1.64. The molecule has 1 aromatic heterocycles. The highest BCUT2D eigenvalue weighted by molar-refractivity contribution is 7.98. The van der Waals surface area contributed by atoms with Crippen LogP contribution in [0.25, 0.3) is 0 Å². The van der Waals surface area contributed by atoms with E-state index < -0.39 is 0 Å². The van der Waals surface area contributed by atoms with Crippen molar-refractivity contribution in [1.29, 1.82) is 0 Å². The Hall–Kier alpha value is -3.39. The lowest BCUT2D eigenvalue weighted by Gasteiger charge is -2.11. The van der Waals surface area contributed by atoms with E-state index in [4.69, 9.17) is 4.74 Å². The van der Waals surface area contributed by atoms with E-state index in [9.17, 15) is 4.79 Å². The third kappa shape index (κ3) is 6.31. The van der Waals surface area contributed by atoms with Crippen LogP contribution in [0.3, 0.4) is 0 Å². The zero-order valence-electron chi connectivity index (χ0n) is 16.8. The molecular weight excluding hydrogens is 398 g/mol. The number of aromatic nitrogens is 2. The summed E-state index contributed by atoms with van der Waals surface area (Å²) in [4.78, 5) is 20.5. The van der Waals surface area contributed by atoms with E-state index in [1.54, 1.807) is 25.6 Å². The molecule has 0 aliphatic carbocycles. The Kier molecular flexibility index (Phi) is 7.79. The molecule has 2 aromatic carbocycles. The molecule has 30 heavy (non-hydrogen) atoms. The number of nitrogens with one attached hydrogen (secondary N) is 2. The van der Waals surface area contributed by atoms with E-state index in [0.717, 1.165) is 22.6 Å². The minimum atomic E-state index is -0.219. The van der Waals surface area contributed by atoms with Crippen molar-refractivity contribution in [1.82, 2.24) is 15.4 Å². The van der Waals surface area contributed by atoms with Crippen molar-refractivity contribution in [2.75, 3.05) is 19.0 Å². The number of anilines is 1. The Labute approximate surface area is 180 Å². The van der Waals surface area contributed by atoms with Gasteiger partial charge in [0.2, 0.25) is 0 Å². The first-order chi connectivity index (χ1) is 14.7. The third-order valence-electron chi connectivity index (χ3n) is 4.17. The number of hydrogen-bond acceptors (Lipinski definition) is 7. The van der Waals surface area contributed by atoms with E-state index in [2.05, 4.69) is 25.8 Å². The second-order valence-electron chi connectivity index (χ2n) is 6.30. The quantitative estimate of drug-likeness (QED) is 0.237. The number of hydrazone groups is 1. The van der Waals surface area contributed by atoms with E-state index in [1.165, 1.54) is 11.8 Å². The summed E-state index contributed by atoms with van der Waals surface area (Å²) in [5, 5.41) is 7.98. The van der Waals surface area contributed by atoms with Gasteiger partial charge in [0.05, 0.1) is 19.4 Å². The van der Waals surface area contributed by atoms with Crippen molar-refractivity contribution in [3.8, 4) is 5.75 Å². The van der Waals surface area contributed by atoms with Gasteiger partial charge in [0.15, 0.2) is 5.16 Å². The summed E-state index contributed by atoms with van der Waals surface area (Å²) in [6, 6.07) is 17.1. The van der Waals surface area contributed by atoms with Crippen LogP contribution < -0.4 is 15.5 Å². The van der Waals surface area contributed by atoms with Crippen molar-refractivity contribution in [2.45, 2.75) is 17.8 Å². The molecule has 0 spiro atoms. The standard InChI is InChI=1S/C22H23N5O2S/c1-16(26-27-21(28)14-25-19-7-4-3-5-8-19)17-9-10-20(29-2)18(13-17)15-30-22-23-11-6-12-24-22/h3-13,25H,14-15H2,1-2H3,(H,27,28)/b26-16-. The smallest absolute Gasteiger partial charge is 0.259 e. The lowest BCUT2D eigenvalue weighted by Crippen LogP contribution is -2.26. The number of rotatable bonds is 9. The van der Waals surface area contributed by atoms with Gasteiger partial charge >= 0.3 is 0 Å². The Morgan fingerprint density at radius 1 is 1.10 bits per heavy atom. The van der Waals surface area contributed by atoms with Gasteiger partial charge in [0, 0.05) is 29.4 Å². The second-order valence-corrected chi connectivity index (χ2v) is 7.24. The molecule has 8 heteroatoms. The molecular formula is C22H23N5O2S. The fraction of sp³-hybridized carbons (Fsp3) is 0.182. The summed E-state index contributed by atoms with van der Waals surface area (Å²) in [6.07, 6.45) is 3.43. The molecule has 0 radical (unpaired) electrons. The summed E-state index contributed by atoms with van der Waals surface area (Å²) in [5.74, 6) is 1.22. The minimum absolute atomic E-state index is 0.141. The maximum absolute atomic E-state index is 12.1. The molecule has 0 saturated heterocycles. The molecule has 1 amide bonds. The highest BCUT2D eigenvalue weighted by atomic mass is 32.2. The zero-order valence-corrected chi connectivity index (χ0v) is 17.6. The number of benzene rings is 2. The van der Waals surface area contributed by atoms with Crippen molar-refractivity contribution in [3.63, 3.8) is 0 Å². The van der Waals surface area contributed by atoms with Gasteiger partial charge in [-0.05, 0) is 48.9 Å². The van der Waals surface area contributed by atoms with E-state index >= 15 is 0 Å². The topological polar surface area (TPSA) is 88.5 Å². The number of para-hydroxylation sites is 1. The maximum Gasteiger partial charge on any atom is 0.259 e. The average molecular weight is 422 g/mol. The summed E-state index contributed by atoms with van der Waals surface area (Å²) in [5.41, 5.74) is 6.07. The monoisotopic (exact) mass is 421 g/mol. The van der Waals surface area contributed by atoms with E-state index in [0.29, 0.717) is 16.6 Å². The Bertz CT molecular complexity index is 997. The molecule has 154 valence electrons. The molecule has 1 heterocycles. The van der Waals surface area contributed by atoms with Crippen molar-refractivity contribution >= 4 is 29.1 Å². The molecule has 0 fully saturated rings.